The highest BCUT2D eigenvalue weighted by Crippen LogP contribution is 2.26. The van der Waals surface area contributed by atoms with Gasteiger partial charge in [-0.15, -0.1) is 0 Å². The van der Waals surface area contributed by atoms with Gasteiger partial charge >= 0.3 is 0 Å². The Balaban J connectivity index is 1.80. The zero-order chi connectivity index (χ0) is 13.7. The summed E-state index contributed by atoms with van der Waals surface area (Å²) >= 11 is 0. The fourth-order valence-corrected chi connectivity index (χ4v) is 2.72. The summed E-state index contributed by atoms with van der Waals surface area (Å²) in [7, 11) is 0. The Hall–Kier alpha value is -0.860. The fourth-order valence-electron chi connectivity index (χ4n) is 2.72. The van der Waals surface area contributed by atoms with Crippen LogP contribution >= 0.6 is 0 Å². The maximum atomic E-state index is 3.71. The molecule has 1 N–H and O–H groups in total. The van der Waals surface area contributed by atoms with E-state index in [1.54, 1.807) is 0 Å². The van der Waals surface area contributed by atoms with Crippen molar-refractivity contribution in [2.45, 2.75) is 52.1 Å². The second-order valence-electron chi connectivity index (χ2n) is 5.69. The summed E-state index contributed by atoms with van der Waals surface area (Å²) in [5.41, 5.74) is 2.76. The van der Waals surface area contributed by atoms with Crippen LogP contribution in [0.3, 0.4) is 0 Å². The molecule has 1 fully saturated rings. The molecule has 2 rings (SSSR count). The van der Waals surface area contributed by atoms with E-state index in [-0.39, 0.29) is 0 Å². The van der Waals surface area contributed by atoms with Crippen LogP contribution < -0.4 is 5.32 Å². The molecule has 0 bridgehead atoms. The van der Waals surface area contributed by atoms with E-state index in [1.807, 2.05) is 0 Å². The first-order chi connectivity index (χ1) is 9.24. The number of benzene rings is 1. The molecule has 1 aliphatic carbocycles. The predicted molar refractivity (Wildman–Crippen MR) is 82.5 cm³/mol. The van der Waals surface area contributed by atoms with Crippen LogP contribution in [-0.4, -0.2) is 30.6 Å². The van der Waals surface area contributed by atoms with Gasteiger partial charge in [0.1, 0.15) is 0 Å². The molecule has 0 amide bonds. The van der Waals surface area contributed by atoms with Crippen LogP contribution in [0, 0.1) is 6.92 Å². The number of rotatable bonds is 8. The van der Waals surface area contributed by atoms with Gasteiger partial charge in [-0.2, -0.15) is 0 Å². The van der Waals surface area contributed by atoms with Crippen molar-refractivity contribution in [2.24, 2.45) is 0 Å². The van der Waals surface area contributed by atoms with Gasteiger partial charge in [0.2, 0.25) is 0 Å². The van der Waals surface area contributed by atoms with Crippen molar-refractivity contribution in [1.82, 2.24) is 10.2 Å². The van der Waals surface area contributed by atoms with Crippen LogP contribution in [0.15, 0.2) is 24.3 Å². The second kappa shape index (κ2) is 7.06. The average molecular weight is 260 g/mol. The van der Waals surface area contributed by atoms with Crippen molar-refractivity contribution in [1.29, 1.82) is 0 Å². The molecule has 0 heterocycles. The lowest BCUT2D eigenvalue weighted by atomic mass is 10.0. The number of nitrogens with zero attached hydrogens (tertiary/aromatic N) is 1. The number of likely N-dealkylation sites (N-methyl/N-ethyl adjacent to an activating group) is 1. The summed E-state index contributed by atoms with van der Waals surface area (Å²) in [6.45, 7) is 10.1. The number of aryl methyl sites for hydroxylation is 1. The van der Waals surface area contributed by atoms with Gasteiger partial charge in [-0.05, 0) is 38.3 Å². The molecule has 0 aliphatic heterocycles. The molecule has 1 atom stereocenters. The molecule has 1 saturated carbocycles. The van der Waals surface area contributed by atoms with Crippen molar-refractivity contribution in [2.75, 3.05) is 19.6 Å². The van der Waals surface area contributed by atoms with Crippen molar-refractivity contribution in [3.63, 3.8) is 0 Å². The summed E-state index contributed by atoms with van der Waals surface area (Å²) in [4.78, 5) is 2.61. The van der Waals surface area contributed by atoms with Crippen LogP contribution in [0.25, 0.3) is 0 Å². The topological polar surface area (TPSA) is 15.3 Å². The SMILES string of the molecule is CCC(NCCN(CC)C1CC1)c1ccc(C)cc1. The minimum Gasteiger partial charge on any atom is -0.309 e. The summed E-state index contributed by atoms with van der Waals surface area (Å²) in [5, 5.41) is 3.71. The quantitative estimate of drug-likeness (QED) is 0.769. The highest BCUT2D eigenvalue weighted by Gasteiger charge is 2.27. The molecular weight excluding hydrogens is 232 g/mol. The molecule has 2 heteroatoms. The van der Waals surface area contributed by atoms with Crippen LogP contribution in [0.2, 0.25) is 0 Å². The van der Waals surface area contributed by atoms with Gasteiger partial charge in [0, 0.05) is 25.2 Å². The predicted octanol–water partition coefficient (Wildman–Crippen LogP) is 3.52. The number of hydrogen-bond acceptors (Lipinski definition) is 2. The molecule has 1 aliphatic rings. The van der Waals surface area contributed by atoms with E-state index in [1.165, 1.54) is 37.1 Å². The highest BCUT2D eigenvalue weighted by molar-refractivity contribution is 5.24. The Morgan fingerprint density at radius 3 is 2.42 bits per heavy atom. The number of hydrogen-bond donors (Lipinski definition) is 1. The van der Waals surface area contributed by atoms with Gasteiger partial charge in [-0.25, -0.2) is 0 Å². The largest absolute Gasteiger partial charge is 0.309 e. The molecule has 0 aromatic heterocycles. The van der Waals surface area contributed by atoms with Gasteiger partial charge in [-0.1, -0.05) is 43.7 Å². The Kier molecular flexibility index (Phi) is 5.41. The summed E-state index contributed by atoms with van der Waals surface area (Å²) < 4.78 is 0. The molecular formula is C17H28N2. The zero-order valence-corrected chi connectivity index (χ0v) is 12.7. The Bertz CT molecular complexity index is 367. The Morgan fingerprint density at radius 2 is 1.89 bits per heavy atom. The molecule has 1 unspecified atom stereocenters. The molecule has 19 heavy (non-hydrogen) atoms. The fraction of sp³-hybridized carbons (Fsp3) is 0.647. The van der Waals surface area contributed by atoms with Crippen LogP contribution in [0.1, 0.15) is 50.3 Å². The summed E-state index contributed by atoms with van der Waals surface area (Å²) in [6, 6.07) is 10.3. The molecule has 2 nitrogen and oxygen atoms in total. The van der Waals surface area contributed by atoms with E-state index in [2.05, 4.69) is 55.3 Å². The minimum absolute atomic E-state index is 0.499. The highest BCUT2D eigenvalue weighted by atomic mass is 15.2. The third-order valence-electron chi connectivity index (χ3n) is 4.15. The maximum absolute atomic E-state index is 3.71. The maximum Gasteiger partial charge on any atom is 0.0318 e. The molecule has 1 aromatic carbocycles. The van der Waals surface area contributed by atoms with Crippen LogP contribution in [0.4, 0.5) is 0 Å². The van der Waals surface area contributed by atoms with E-state index in [0.29, 0.717) is 6.04 Å². The summed E-state index contributed by atoms with van der Waals surface area (Å²) in [6.07, 6.45) is 3.96. The molecule has 1 aromatic rings. The summed E-state index contributed by atoms with van der Waals surface area (Å²) in [5.74, 6) is 0. The second-order valence-corrected chi connectivity index (χ2v) is 5.69. The zero-order valence-electron chi connectivity index (χ0n) is 12.7. The molecule has 106 valence electrons. The first kappa shape index (κ1) is 14.5. The van der Waals surface area contributed by atoms with Gasteiger partial charge in [-0.3, -0.25) is 4.90 Å². The van der Waals surface area contributed by atoms with Gasteiger partial charge < -0.3 is 5.32 Å². The smallest absolute Gasteiger partial charge is 0.0318 e. The number of nitrogens with one attached hydrogen (secondary N) is 1. The van der Waals surface area contributed by atoms with E-state index in [9.17, 15) is 0 Å². The average Bonchev–Trinajstić information content (AvgIpc) is 3.25. The third kappa shape index (κ3) is 4.32. The lowest BCUT2D eigenvalue weighted by Gasteiger charge is -2.23. The van der Waals surface area contributed by atoms with E-state index in [4.69, 9.17) is 0 Å². The molecule has 0 saturated heterocycles. The van der Waals surface area contributed by atoms with Crippen LogP contribution in [0.5, 0.6) is 0 Å². The molecule has 0 radical (unpaired) electrons. The van der Waals surface area contributed by atoms with Crippen molar-refractivity contribution < 1.29 is 0 Å². The van der Waals surface area contributed by atoms with Crippen LogP contribution in [-0.2, 0) is 0 Å². The monoisotopic (exact) mass is 260 g/mol. The standard InChI is InChI=1S/C17H28N2/c1-4-17(15-8-6-14(3)7-9-15)18-12-13-19(5-2)16-10-11-16/h6-9,16-18H,4-5,10-13H2,1-3H3. The van der Waals surface area contributed by atoms with Gasteiger partial charge in [0.15, 0.2) is 0 Å². The molecule has 0 spiro atoms. The third-order valence-corrected chi connectivity index (χ3v) is 4.15. The Morgan fingerprint density at radius 1 is 1.21 bits per heavy atom. The van der Waals surface area contributed by atoms with E-state index < -0.39 is 0 Å². The Labute approximate surface area is 118 Å². The van der Waals surface area contributed by atoms with Gasteiger partial charge in [0.25, 0.3) is 0 Å². The van der Waals surface area contributed by atoms with E-state index in [0.717, 1.165) is 19.0 Å². The lowest BCUT2D eigenvalue weighted by Crippen LogP contribution is -2.35. The van der Waals surface area contributed by atoms with Gasteiger partial charge in [0.05, 0.1) is 0 Å². The minimum atomic E-state index is 0.499. The lowest BCUT2D eigenvalue weighted by molar-refractivity contribution is 0.271. The van der Waals surface area contributed by atoms with Crippen molar-refractivity contribution in [3.8, 4) is 0 Å². The normalized spacial score (nSPS) is 16.8. The first-order valence-corrected chi connectivity index (χ1v) is 7.78. The van der Waals surface area contributed by atoms with Crippen molar-refractivity contribution in [3.05, 3.63) is 35.4 Å². The van der Waals surface area contributed by atoms with E-state index >= 15 is 0 Å². The first-order valence-electron chi connectivity index (χ1n) is 7.78. The van der Waals surface area contributed by atoms with Crippen molar-refractivity contribution >= 4 is 0 Å².